The molecule has 0 aliphatic carbocycles. The van der Waals surface area contributed by atoms with Gasteiger partial charge in [0.2, 0.25) is 9.84 Å². The highest BCUT2D eigenvalue weighted by atomic mass is 32.2. The van der Waals surface area contributed by atoms with Crippen molar-refractivity contribution in [3.05, 3.63) is 0 Å². The van der Waals surface area contributed by atoms with E-state index < -0.39 is 39.6 Å². The molecule has 0 aromatic rings. The van der Waals surface area contributed by atoms with Crippen molar-refractivity contribution in [1.29, 1.82) is 0 Å². The molecule has 0 saturated carbocycles. The van der Waals surface area contributed by atoms with E-state index in [1.807, 2.05) is 18.7 Å². The number of sulfone groups is 1. The van der Waals surface area contributed by atoms with Gasteiger partial charge >= 0.3 is 17.1 Å². The molecular formula is C12H21F6NO2S. The normalized spacial score (nSPS) is 14.6. The molecule has 0 atom stereocenters. The van der Waals surface area contributed by atoms with E-state index in [9.17, 15) is 34.8 Å². The summed E-state index contributed by atoms with van der Waals surface area (Å²) in [6.45, 7) is 5.00. The minimum Gasteiger partial charge on any atom is -0.304 e. The number of unbranched alkanes of at least 4 members (excludes halogenated alkanes) is 1. The van der Waals surface area contributed by atoms with Crippen LogP contribution in [0.2, 0.25) is 0 Å². The average Bonchev–Trinajstić information content (AvgIpc) is 2.37. The molecule has 0 aromatic heterocycles. The average molecular weight is 357 g/mol. The molecule has 10 heteroatoms. The number of alkyl halides is 6. The van der Waals surface area contributed by atoms with E-state index in [1.54, 1.807) is 0 Å². The Balaban J connectivity index is 4.87. The van der Waals surface area contributed by atoms with Crippen LogP contribution in [0.15, 0.2) is 0 Å². The first kappa shape index (κ1) is 21.5. The molecule has 134 valence electrons. The van der Waals surface area contributed by atoms with Gasteiger partial charge in [-0.3, -0.25) is 0 Å². The van der Waals surface area contributed by atoms with Crippen molar-refractivity contribution in [2.24, 2.45) is 0 Å². The van der Waals surface area contributed by atoms with E-state index in [0.717, 1.165) is 0 Å². The van der Waals surface area contributed by atoms with Crippen molar-refractivity contribution in [3.8, 4) is 0 Å². The van der Waals surface area contributed by atoms with Gasteiger partial charge in [0, 0.05) is 6.92 Å². The van der Waals surface area contributed by atoms with Gasteiger partial charge in [0.1, 0.15) is 0 Å². The zero-order chi connectivity index (χ0) is 17.8. The molecule has 0 fully saturated rings. The molecule has 0 N–H and O–H groups in total. The summed E-state index contributed by atoms with van der Waals surface area (Å²) in [5.74, 6) is -12.4. The van der Waals surface area contributed by atoms with Crippen LogP contribution in [0.5, 0.6) is 0 Å². The second kappa shape index (κ2) is 7.37. The molecule has 0 rings (SSSR count). The summed E-state index contributed by atoms with van der Waals surface area (Å²) in [4.78, 5) is 1.89. The van der Waals surface area contributed by atoms with Gasteiger partial charge in [0.05, 0.1) is 5.75 Å². The fraction of sp³-hybridized carbons (Fsp3) is 1.00. The Morgan fingerprint density at radius 3 is 1.73 bits per heavy atom. The highest BCUT2D eigenvalue weighted by Gasteiger charge is 2.74. The Hall–Kier alpha value is -0.510. The molecule has 0 saturated heterocycles. The molecule has 22 heavy (non-hydrogen) atoms. The number of nitrogens with zero attached hydrogens (tertiary/aromatic N) is 1. The van der Waals surface area contributed by atoms with Gasteiger partial charge in [-0.05, 0) is 32.5 Å². The lowest BCUT2D eigenvalue weighted by Crippen LogP contribution is -2.57. The summed E-state index contributed by atoms with van der Waals surface area (Å²) in [6, 6.07) is 0. The molecule has 0 aliphatic heterocycles. The van der Waals surface area contributed by atoms with Crippen LogP contribution in [0, 0.1) is 0 Å². The van der Waals surface area contributed by atoms with Crippen LogP contribution < -0.4 is 0 Å². The highest BCUT2D eigenvalue weighted by molar-refractivity contribution is 7.92. The van der Waals surface area contributed by atoms with Crippen LogP contribution in [0.4, 0.5) is 26.3 Å². The maximum absolute atomic E-state index is 13.4. The molecule has 0 heterocycles. The molecule has 0 radical (unpaired) electrons. The highest BCUT2D eigenvalue weighted by Crippen LogP contribution is 2.48. The predicted octanol–water partition coefficient (Wildman–Crippen LogP) is 3.41. The van der Waals surface area contributed by atoms with Crippen LogP contribution >= 0.6 is 0 Å². The topological polar surface area (TPSA) is 37.4 Å². The third kappa shape index (κ3) is 4.50. The molecule has 0 aliphatic rings. The van der Waals surface area contributed by atoms with E-state index in [2.05, 4.69) is 0 Å². The lowest BCUT2D eigenvalue weighted by atomic mass is 10.2. The van der Waals surface area contributed by atoms with Crippen molar-refractivity contribution in [3.63, 3.8) is 0 Å². The van der Waals surface area contributed by atoms with Gasteiger partial charge in [0.15, 0.2) is 0 Å². The molecule has 3 nitrogen and oxygen atoms in total. The summed E-state index contributed by atoms with van der Waals surface area (Å²) in [7, 11) is -5.69. The molecular weight excluding hydrogens is 336 g/mol. The van der Waals surface area contributed by atoms with E-state index in [0.29, 0.717) is 19.6 Å². The Morgan fingerprint density at radius 1 is 0.909 bits per heavy atom. The SMILES string of the molecule is CCN(CC)CCCCS(=O)(=O)C(F)(F)C(F)(F)C(C)(F)F. The maximum atomic E-state index is 13.4. The third-order valence-electron chi connectivity index (χ3n) is 3.34. The molecule has 0 spiro atoms. The van der Waals surface area contributed by atoms with Gasteiger partial charge in [-0.25, -0.2) is 8.42 Å². The van der Waals surface area contributed by atoms with Gasteiger partial charge in [-0.1, -0.05) is 13.8 Å². The van der Waals surface area contributed by atoms with Crippen molar-refractivity contribution < 1.29 is 34.8 Å². The molecule has 0 amide bonds. The Kier molecular flexibility index (Phi) is 7.20. The fourth-order valence-corrected chi connectivity index (χ4v) is 3.16. The van der Waals surface area contributed by atoms with Gasteiger partial charge in [-0.2, -0.15) is 26.3 Å². The quantitative estimate of drug-likeness (QED) is 0.444. The first-order valence-corrected chi connectivity index (χ1v) is 8.48. The van der Waals surface area contributed by atoms with Crippen molar-refractivity contribution >= 4 is 9.84 Å². The largest absolute Gasteiger partial charge is 0.413 e. The van der Waals surface area contributed by atoms with Crippen LogP contribution in [0.3, 0.4) is 0 Å². The zero-order valence-electron chi connectivity index (χ0n) is 12.7. The maximum Gasteiger partial charge on any atom is 0.413 e. The van der Waals surface area contributed by atoms with Crippen LogP contribution in [-0.2, 0) is 9.84 Å². The molecule has 0 aromatic carbocycles. The minimum absolute atomic E-state index is 0.186. The second-order valence-electron chi connectivity index (χ2n) is 5.03. The number of hydrogen-bond donors (Lipinski definition) is 0. The zero-order valence-corrected chi connectivity index (χ0v) is 13.5. The molecule has 0 unspecified atom stereocenters. The lowest BCUT2D eigenvalue weighted by molar-refractivity contribution is -0.271. The van der Waals surface area contributed by atoms with E-state index >= 15 is 0 Å². The van der Waals surface area contributed by atoms with Gasteiger partial charge in [-0.15, -0.1) is 0 Å². The fourth-order valence-electron chi connectivity index (χ4n) is 1.75. The van der Waals surface area contributed by atoms with Gasteiger partial charge < -0.3 is 4.90 Å². The van der Waals surface area contributed by atoms with Crippen LogP contribution in [0.25, 0.3) is 0 Å². The Labute approximate surface area is 126 Å². The Morgan fingerprint density at radius 2 is 1.36 bits per heavy atom. The number of hydrogen-bond acceptors (Lipinski definition) is 3. The van der Waals surface area contributed by atoms with E-state index in [-0.39, 0.29) is 12.8 Å². The van der Waals surface area contributed by atoms with Crippen LogP contribution in [-0.4, -0.2) is 55.8 Å². The standard InChI is InChI=1S/C12H21F6NO2S/c1-4-19(5-2)8-6-7-9-22(20,21)12(17,18)11(15,16)10(3,13)14/h4-9H2,1-3H3. The second-order valence-corrected chi connectivity index (χ2v) is 7.18. The monoisotopic (exact) mass is 357 g/mol. The third-order valence-corrected chi connectivity index (χ3v) is 5.20. The van der Waals surface area contributed by atoms with Crippen molar-refractivity contribution in [2.75, 3.05) is 25.4 Å². The van der Waals surface area contributed by atoms with Crippen LogP contribution in [0.1, 0.15) is 33.6 Å². The van der Waals surface area contributed by atoms with Gasteiger partial charge in [0.25, 0.3) is 0 Å². The van der Waals surface area contributed by atoms with Crippen molar-refractivity contribution in [2.45, 2.75) is 50.7 Å². The summed E-state index contributed by atoms with van der Waals surface area (Å²) < 4.78 is 101. The molecule has 0 bridgehead atoms. The first-order valence-electron chi connectivity index (χ1n) is 6.82. The minimum atomic E-state index is -5.96. The number of halogens is 6. The van der Waals surface area contributed by atoms with E-state index in [1.165, 1.54) is 0 Å². The van der Waals surface area contributed by atoms with E-state index in [4.69, 9.17) is 0 Å². The first-order chi connectivity index (χ1) is 9.74. The Bertz CT molecular complexity index is 443. The summed E-state index contributed by atoms with van der Waals surface area (Å²) in [5, 5.41) is -5.81. The van der Waals surface area contributed by atoms with Crippen molar-refractivity contribution in [1.82, 2.24) is 4.90 Å². The predicted molar refractivity (Wildman–Crippen MR) is 71.3 cm³/mol. The summed E-state index contributed by atoms with van der Waals surface area (Å²) in [5.41, 5.74) is 0. The summed E-state index contributed by atoms with van der Waals surface area (Å²) >= 11 is 0. The lowest BCUT2D eigenvalue weighted by Gasteiger charge is -2.30. The number of rotatable bonds is 10. The summed E-state index contributed by atoms with van der Waals surface area (Å²) in [6.07, 6.45) is -0.120. The smallest absolute Gasteiger partial charge is 0.304 e.